The van der Waals surface area contributed by atoms with E-state index in [0.717, 1.165) is 5.69 Å². The summed E-state index contributed by atoms with van der Waals surface area (Å²) in [5, 5.41) is 4.80. The Kier molecular flexibility index (Phi) is 5.06. The second-order valence-electron chi connectivity index (χ2n) is 4.65. The van der Waals surface area contributed by atoms with Gasteiger partial charge in [0.2, 0.25) is 0 Å². The molecule has 0 aliphatic heterocycles. The van der Waals surface area contributed by atoms with Crippen molar-refractivity contribution in [1.82, 2.24) is 15.2 Å². The Balaban J connectivity index is 2.22. The second kappa shape index (κ2) is 6.80. The van der Waals surface area contributed by atoms with E-state index in [1.165, 1.54) is 0 Å². The molecule has 0 aliphatic rings. The van der Waals surface area contributed by atoms with Crippen molar-refractivity contribution in [1.29, 1.82) is 0 Å². The lowest BCUT2D eigenvalue weighted by Crippen LogP contribution is -2.39. The van der Waals surface area contributed by atoms with Crippen molar-refractivity contribution in [2.24, 2.45) is 12.9 Å². The van der Waals surface area contributed by atoms with Crippen LogP contribution in [-0.4, -0.2) is 23.0 Å². The van der Waals surface area contributed by atoms with Gasteiger partial charge in [-0.2, -0.15) is 5.10 Å². The number of aryl methyl sites for hydroxylation is 1. The number of nitrogens with zero attached hydrogens (tertiary/aromatic N) is 2. The van der Waals surface area contributed by atoms with Crippen LogP contribution < -0.4 is 20.7 Å². The SMILES string of the molecule is COc1cnn(C)c1C(NN)C(C)Oc1cccc(Cl)c1. The highest BCUT2D eigenvalue weighted by Crippen LogP contribution is 2.28. The smallest absolute Gasteiger partial charge is 0.161 e. The molecule has 0 amide bonds. The number of methoxy groups -OCH3 is 1. The van der Waals surface area contributed by atoms with Gasteiger partial charge < -0.3 is 9.47 Å². The number of halogens is 1. The largest absolute Gasteiger partial charge is 0.493 e. The highest BCUT2D eigenvalue weighted by Gasteiger charge is 2.26. The number of rotatable bonds is 6. The molecule has 0 saturated carbocycles. The molecule has 114 valence electrons. The maximum absolute atomic E-state index is 5.96. The summed E-state index contributed by atoms with van der Waals surface area (Å²) in [6.07, 6.45) is 1.39. The minimum absolute atomic E-state index is 0.252. The lowest BCUT2D eigenvalue weighted by atomic mass is 10.1. The summed E-state index contributed by atoms with van der Waals surface area (Å²) in [5.74, 6) is 7.02. The maximum Gasteiger partial charge on any atom is 0.161 e. The Morgan fingerprint density at radius 1 is 1.43 bits per heavy atom. The van der Waals surface area contributed by atoms with E-state index in [1.807, 2.05) is 26.1 Å². The van der Waals surface area contributed by atoms with Crippen molar-refractivity contribution < 1.29 is 9.47 Å². The normalized spacial score (nSPS) is 13.8. The van der Waals surface area contributed by atoms with Crippen LogP contribution in [0.2, 0.25) is 5.02 Å². The van der Waals surface area contributed by atoms with Crippen molar-refractivity contribution in [3.8, 4) is 11.5 Å². The third-order valence-electron chi connectivity index (χ3n) is 3.23. The van der Waals surface area contributed by atoms with Crippen LogP contribution in [0, 0.1) is 0 Å². The molecule has 0 radical (unpaired) electrons. The Morgan fingerprint density at radius 2 is 2.19 bits per heavy atom. The van der Waals surface area contributed by atoms with E-state index in [-0.39, 0.29) is 12.1 Å². The zero-order valence-electron chi connectivity index (χ0n) is 12.2. The Morgan fingerprint density at radius 3 is 2.81 bits per heavy atom. The van der Waals surface area contributed by atoms with Gasteiger partial charge in [0.05, 0.1) is 13.3 Å². The summed E-state index contributed by atoms with van der Waals surface area (Å²) in [7, 11) is 3.42. The molecule has 0 saturated heterocycles. The minimum Gasteiger partial charge on any atom is -0.493 e. The van der Waals surface area contributed by atoms with Gasteiger partial charge in [-0.25, -0.2) is 5.43 Å². The third-order valence-corrected chi connectivity index (χ3v) is 3.47. The first-order valence-electron chi connectivity index (χ1n) is 6.51. The molecule has 0 fully saturated rings. The molecule has 1 aromatic carbocycles. The molecule has 2 unspecified atom stereocenters. The molecule has 21 heavy (non-hydrogen) atoms. The molecule has 0 spiro atoms. The standard InChI is InChI=1S/C14H19ClN4O2/c1-9(21-11-6-4-5-10(15)7-11)13(18-16)14-12(20-3)8-17-19(14)2/h4-9,13,18H,16H2,1-3H3. The van der Waals surface area contributed by atoms with E-state index in [2.05, 4.69) is 10.5 Å². The van der Waals surface area contributed by atoms with Gasteiger partial charge in [-0.3, -0.25) is 10.5 Å². The molecule has 0 aliphatic carbocycles. The third kappa shape index (κ3) is 3.47. The van der Waals surface area contributed by atoms with Crippen molar-refractivity contribution in [3.63, 3.8) is 0 Å². The number of ether oxygens (including phenoxy) is 2. The van der Waals surface area contributed by atoms with Crippen molar-refractivity contribution in [2.75, 3.05) is 7.11 Å². The molecule has 3 N–H and O–H groups in total. The predicted octanol–water partition coefficient (Wildman–Crippen LogP) is 2.05. The number of hydrogen-bond donors (Lipinski definition) is 2. The first kappa shape index (κ1) is 15.6. The predicted molar refractivity (Wildman–Crippen MR) is 81.4 cm³/mol. The zero-order valence-corrected chi connectivity index (χ0v) is 13.0. The average Bonchev–Trinajstić information content (AvgIpc) is 2.81. The summed E-state index contributed by atoms with van der Waals surface area (Å²) in [6.45, 7) is 1.91. The van der Waals surface area contributed by atoms with Crippen LogP contribution in [-0.2, 0) is 7.05 Å². The number of nitrogens with two attached hydrogens (primary N) is 1. The Labute approximate surface area is 128 Å². The summed E-state index contributed by atoms with van der Waals surface area (Å²) in [5.41, 5.74) is 3.57. The van der Waals surface area contributed by atoms with Crippen LogP contribution in [0.15, 0.2) is 30.5 Å². The van der Waals surface area contributed by atoms with Gasteiger partial charge in [-0.05, 0) is 25.1 Å². The summed E-state index contributed by atoms with van der Waals surface area (Å²) < 4.78 is 12.9. The first-order chi connectivity index (χ1) is 10.1. The van der Waals surface area contributed by atoms with Gasteiger partial charge in [-0.1, -0.05) is 17.7 Å². The second-order valence-corrected chi connectivity index (χ2v) is 5.08. The van der Waals surface area contributed by atoms with Crippen LogP contribution in [0.1, 0.15) is 18.7 Å². The quantitative estimate of drug-likeness (QED) is 0.631. The fourth-order valence-electron chi connectivity index (χ4n) is 2.20. The van der Waals surface area contributed by atoms with Gasteiger partial charge in [0.25, 0.3) is 0 Å². The molecule has 7 heteroatoms. The summed E-state index contributed by atoms with van der Waals surface area (Å²) in [6, 6.07) is 6.94. The topological polar surface area (TPSA) is 74.3 Å². The Hall–Kier alpha value is -1.76. The van der Waals surface area contributed by atoms with Gasteiger partial charge in [0, 0.05) is 12.1 Å². The van der Waals surface area contributed by atoms with E-state index >= 15 is 0 Å². The Bertz CT molecular complexity index is 602. The number of hydrogen-bond acceptors (Lipinski definition) is 5. The van der Waals surface area contributed by atoms with E-state index in [4.69, 9.17) is 26.9 Å². The zero-order chi connectivity index (χ0) is 15.4. The average molecular weight is 311 g/mol. The number of aromatic nitrogens is 2. The van der Waals surface area contributed by atoms with Crippen LogP contribution >= 0.6 is 11.6 Å². The van der Waals surface area contributed by atoms with E-state index < -0.39 is 0 Å². The van der Waals surface area contributed by atoms with Gasteiger partial charge >= 0.3 is 0 Å². The number of hydrazine groups is 1. The lowest BCUT2D eigenvalue weighted by molar-refractivity contribution is 0.164. The lowest BCUT2D eigenvalue weighted by Gasteiger charge is -2.25. The fraction of sp³-hybridized carbons (Fsp3) is 0.357. The minimum atomic E-state index is -0.286. The molecule has 2 rings (SSSR count). The fourth-order valence-corrected chi connectivity index (χ4v) is 2.38. The van der Waals surface area contributed by atoms with Gasteiger partial charge in [-0.15, -0.1) is 0 Å². The van der Waals surface area contributed by atoms with E-state index in [1.54, 1.807) is 30.1 Å². The molecule has 6 nitrogen and oxygen atoms in total. The molecule has 2 aromatic rings. The van der Waals surface area contributed by atoms with Crippen LogP contribution in [0.5, 0.6) is 11.5 Å². The summed E-state index contributed by atoms with van der Waals surface area (Å²) in [4.78, 5) is 0. The van der Waals surface area contributed by atoms with Crippen molar-refractivity contribution in [3.05, 3.63) is 41.2 Å². The molecule has 1 heterocycles. The highest BCUT2D eigenvalue weighted by molar-refractivity contribution is 6.30. The van der Waals surface area contributed by atoms with E-state index in [9.17, 15) is 0 Å². The molecule has 1 aromatic heterocycles. The van der Waals surface area contributed by atoms with Gasteiger partial charge in [0.15, 0.2) is 5.75 Å². The molecule has 0 bridgehead atoms. The van der Waals surface area contributed by atoms with Crippen molar-refractivity contribution in [2.45, 2.75) is 19.1 Å². The first-order valence-corrected chi connectivity index (χ1v) is 6.88. The van der Waals surface area contributed by atoms with Crippen LogP contribution in [0.4, 0.5) is 0 Å². The monoisotopic (exact) mass is 310 g/mol. The summed E-state index contributed by atoms with van der Waals surface area (Å²) >= 11 is 5.96. The van der Waals surface area contributed by atoms with E-state index in [0.29, 0.717) is 16.5 Å². The highest BCUT2D eigenvalue weighted by atomic mass is 35.5. The molecular weight excluding hydrogens is 292 g/mol. The molecule has 2 atom stereocenters. The number of nitrogens with one attached hydrogen (secondary N) is 1. The van der Waals surface area contributed by atoms with Gasteiger partial charge in [0.1, 0.15) is 23.6 Å². The van der Waals surface area contributed by atoms with Crippen LogP contribution in [0.25, 0.3) is 0 Å². The van der Waals surface area contributed by atoms with Crippen LogP contribution in [0.3, 0.4) is 0 Å². The van der Waals surface area contributed by atoms with Crippen molar-refractivity contribution >= 4 is 11.6 Å². The maximum atomic E-state index is 5.96. The molecular formula is C14H19ClN4O2. The number of benzene rings is 1.